The molecule has 8 nitrogen and oxygen atoms in total. The topological polar surface area (TPSA) is 89.9 Å². The number of morpholine rings is 1. The van der Waals surface area contributed by atoms with E-state index >= 15 is 0 Å². The molecular weight excluding hydrogens is 418 g/mol. The number of fused-ring (bicyclic) bond motifs is 1. The molecule has 0 atom stereocenters. The molecule has 4 rings (SSSR count). The summed E-state index contributed by atoms with van der Waals surface area (Å²) in [6.45, 7) is 4.06. The van der Waals surface area contributed by atoms with Crippen LogP contribution in [0, 0.1) is 6.92 Å². The summed E-state index contributed by atoms with van der Waals surface area (Å²) < 4.78 is 39.0. The summed E-state index contributed by atoms with van der Waals surface area (Å²) in [4.78, 5) is 14.1. The first-order chi connectivity index (χ1) is 14.9. The number of para-hydroxylation sites is 1. The Labute approximate surface area is 181 Å². The van der Waals surface area contributed by atoms with E-state index in [0.29, 0.717) is 37.6 Å². The van der Waals surface area contributed by atoms with Gasteiger partial charge in [-0.1, -0.05) is 35.9 Å². The van der Waals surface area contributed by atoms with Gasteiger partial charge in [-0.3, -0.25) is 4.79 Å². The monoisotopic (exact) mass is 443 g/mol. The maximum absolute atomic E-state index is 13.8. The van der Waals surface area contributed by atoms with E-state index in [0.717, 1.165) is 16.6 Å². The lowest BCUT2D eigenvalue weighted by Gasteiger charge is -2.29. The summed E-state index contributed by atoms with van der Waals surface area (Å²) in [5.41, 5.74) is 2.24. The van der Waals surface area contributed by atoms with Crippen molar-refractivity contribution in [1.29, 1.82) is 0 Å². The number of esters is 1. The van der Waals surface area contributed by atoms with E-state index in [1.165, 1.54) is 11.1 Å². The molecule has 0 radical (unpaired) electrons. The second-order valence-electron chi connectivity index (χ2n) is 7.33. The highest BCUT2D eigenvalue weighted by molar-refractivity contribution is 7.90. The Hall–Kier alpha value is -3.04. The fourth-order valence-corrected chi connectivity index (χ4v) is 5.25. The van der Waals surface area contributed by atoms with Crippen molar-refractivity contribution in [1.82, 2.24) is 3.97 Å². The summed E-state index contributed by atoms with van der Waals surface area (Å²) >= 11 is 0. The number of hydrogen-bond donors (Lipinski definition) is 1. The van der Waals surface area contributed by atoms with E-state index in [4.69, 9.17) is 9.47 Å². The van der Waals surface area contributed by atoms with Crippen LogP contribution in [0.25, 0.3) is 10.9 Å². The lowest BCUT2D eigenvalue weighted by molar-refractivity contribution is -0.138. The van der Waals surface area contributed by atoms with Gasteiger partial charge < -0.3 is 19.7 Å². The number of aryl methyl sites for hydroxylation is 1. The van der Waals surface area contributed by atoms with Crippen LogP contribution >= 0.6 is 0 Å². The van der Waals surface area contributed by atoms with Crippen LogP contribution in [0.2, 0.25) is 0 Å². The lowest BCUT2D eigenvalue weighted by atomic mass is 10.2. The number of nitrogens with zero attached hydrogens (tertiary/aromatic N) is 2. The molecule has 31 heavy (non-hydrogen) atoms. The van der Waals surface area contributed by atoms with Crippen LogP contribution in [0.3, 0.4) is 0 Å². The number of rotatable bonds is 6. The standard InChI is InChI=1S/C22H25N3O5S/c1-16-7-9-17(10-8-16)31(27,28)25-19-6-4-3-5-18(19)21(24-11-13-30-14-12-24)22(25)23-15-20(26)29-2/h3-10,23H,11-15H2,1-2H3. The van der Waals surface area contributed by atoms with E-state index in [1.807, 2.05) is 19.1 Å². The third kappa shape index (κ3) is 3.98. The Morgan fingerprint density at radius 1 is 1.10 bits per heavy atom. The maximum Gasteiger partial charge on any atom is 0.325 e. The molecule has 0 spiro atoms. The van der Waals surface area contributed by atoms with Gasteiger partial charge in [0.1, 0.15) is 12.4 Å². The molecule has 1 aliphatic heterocycles. The Kier molecular flexibility index (Phi) is 5.88. The number of nitrogens with one attached hydrogen (secondary N) is 1. The summed E-state index contributed by atoms with van der Waals surface area (Å²) in [5, 5.41) is 3.82. The first kappa shape index (κ1) is 21.2. The zero-order chi connectivity index (χ0) is 22.0. The Balaban J connectivity index is 1.96. The molecule has 2 aromatic carbocycles. The van der Waals surface area contributed by atoms with Crippen molar-refractivity contribution in [2.45, 2.75) is 11.8 Å². The quantitative estimate of drug-likeness (QED) is 0.586. The number of methoxy groups -OCH3 is 1. The average Bonchev–Trinajstić information content (AvgIpc) is 3.13. The molecule has 1 aromatic heterocycles. The number of aromatic nitrogens is 1. The van der Waals surface area contributed by atoms with Gasteiger partial charge in [0, 0.05) is 18.5 Å². The van der Waals surface area contributed by atoms with E-state index in [1.54, 1.807) is 36.4 Å². The minimum atomic E-state index is -3.94. The van der Waals surface area contributed by atoms with Crippen molar-refractivity contribution in [3.05, 3.63) is 54.1 Å². The molecule has 0 aliphatic carbocycles. The van der Waals surface area contributed by atoms with E-state index in [9.17, 15) is 13.2 Å². The highest BCUT2D eigenvalue weighted by Crippen LogP contribution is 2.40. The molecule has 0 amide bonds. The van der Waals surface area contributed by atoms with E-state index in [-0.39, 0.29) is 11.4 Å². The molecule has 1 aliphatic rings. The molecule has 0 unspecified atom stereocenters. The van der Waals surface area contributed by atoms with E-state index < -0.39 is 16.0 Å². The highest BCUT2D eigenvalue weighted by atomic mass is 32.2. The average molecular weight is 444 g/mol. The first-order valence-corrected chi connectivity index (χ1v) is 11.5. The van der Waals surface area contributed by atoms with Gasteiger partial charge >= 0.3 is 5.97 Å². The van der Waals surface area contributed by atoms with Crippen LogP contribution in [0.1, 0.15) is 5.56 Å². The van der Waals surface area contributed by atoms with Crippen LogP contribution in [0.4, 0.5) is 11.5 Å². The van der Waals surface area contributed by atoms with Gasteiger partial charge in [-0.05, 0) is 25.1 Å². The minimum Gasteiger partial charge on any atom is -0.468 e. The zero-order valence-electron chi connectivity index (χ0n) is 17.5. The van der Waals surface area contributed by atoms with Crippen LogP contribution in [-0.2, 0) is 24.3 Å². The maximum atomic E-state index is 13.8. The van der Waals surface area contributed by atoms with Crippen molar-refractivity contribution in [3.63, 3.8) is 0 Å². The van der Waals surface area contributed by atoms with Crippen LogP contribution in [0.5, 0.6) is 0 Å². The molecule has 3 aromatic rings. The predicted octanol–water partition coefficient (Wildman–Crippen LogP) is 2.61. The van der Waals surface area contributed by atoms with Gasteiger partial charge in [-0.2, -0.15) is 0 Å². The second-order valence-corrected chi connectivity index (χ2v) is 9.11. The van der Waals surface area contributed by atoms with Gasteiger partial charge in [0.15, 0.2) is 0 Å². The van der Waals surface area contributed by atoms with Gasteiger partial charge in [-0.25, -0.2) is 12.4 Å². The summed E-state index contributed by atoms with van der Waals surface area (Å²) in [6.07, 6.45) is 0. The number of carbonyl (C=O) groups is 1. The van der Waals surface area contributed by atoms with Crippen molar-refractivity contribution in [3.8, 4) is 0 Å². The molecule has 1 saturated heterocycles. The molecule has 2 heterocycles. The smallest absolute Gasteiger partial charge is 0.325 e. The fourth-order valence-electron chi connectivity index (χ4n) is 3.75. The summed E-state index contributed by atoms with van der Waals surface area (Å²) in [7, 11) is -2.64. The molecule has 1 N–H and O–H groups in total. The minimum absolute atomic E-state index is 0.159. The molecule has 1 fully saturated rings. The van der Waals surface area contributed by atoms with Crippen LogP contribution in [-0.4, -0.2) is 58.3 Å². The van der Waals surface area contributed by atoms with Crippen molar-refractivity contribution in [2.75, 3.05) is 50.2 Å². The number of hydrogen-bond acceptors (Lipinski definition) is 7. The number of ether oxygens (including phenoxy) is 2. The number of anilines is 2. The van der Waals surface area contributed by atoms with Crippen molar-refractivity contribution < 1.29 is 22.7 Å². The van der Waals surface area contributed by atoms with Gasteiger partial charge in [0.05, 0.1) is 36.4 Å². The third-order valence-electron chi connectivity index (χ3n) is 5.32. The van der Waals surface area contributed by atoms with Crippen LogP contribution < -0.4 is 10.2 Å². The zero-order valence-corrected chi connectivity index (χ0v) is 18.3. The van der Waals surface area contributed by atoms with Crippen molar-refractivity contribution >= 4 is 38.4 Å². The fraction of sp³-hybridized carbons (Fsp3) is 0.318. The highest BCUT2D eigenvalue weighted by Gasteiger charge is 2.30. The molecule has 9 heteroatoms. The lowest BCUT2D eigenvalue weighted by Crippen LogP contribution is -2.36. The first-order valence-electron chi connectivity index (χ1n) is 10.0. The van der Waals surface area contributed by atoms with Gasteiger partial charge in [0.2, 0.25) is 0 Å². The van der Waals surface area contributed by atoms with Gasteiger partial charge in [0.25, 0.3) is 10.0 Å². The van der Waals surface area contributed by atoms with Crippen molar-refractivity contribution in [2.24, 2.45) is 0 Å². The molecule has 164 valence electrons. The predicted molar refractivity (Wildman–Crippen MR) is 119 cm³/mol. The molecular formula is C22H25N3O5S. The second kappa shape index (κ2) is 8.60. The largest absolute Gasteiger partial charge is 0.468 e. The summed E-state index contributed by atoms with van der Waals surface area (Å²) in [6, 6.07) is 14.1. The normalized spacial score (nSPS) is 14.6. The summed E-state index contributed by atoms with van der Waals surface area (Å²) in [5.74, 6) is -0.147. The SMILES string of the molecule is COC(=O)CNc1c(N2CCOCC2)c2ccccc2n1S(=O)(=O)c1ccc(C)cc1. The number of benzene rings is 2. The Bertz CT molecular complexity index is 1200. The Morgan fingerprint density at radius 2 is 1.77 bits per heavy atom. The molecule has 0 saturated carbocycles. The Morgan fingerprint density at radius 3 is 2.45 bits per heavy atom. The third-order valence-corrected chi connectivity index (χ3v) is 7.05. The number of carbonyl (C=O) groups excluding carboxylic acids is 1. The van der Waals surface area contributed by atoms with Gasteiger partial charge in [-0.15, -0.1) is 0 Å². The molecule has 0 bridgehead atoms. The van der Waals surface area contributed by atoms with Crippen LogP contribution in [0.15, 0.2) is 53.4 Å². The van der Waals surface area contributed by atoms with E-state index in [2.05, 4.69) is 10.2 Å².